The first-order valence-electron chi connectivity index (χ1n) is 14.8. The van der Waals surface area contributed by atoms with Crippen LogP contribution >= 0.6 is 27.3 Å². The third-order valence-corrected chi connectivity index (χ3v) is 9.53. The molecule has 9 nitrogen and oxygen atoms in total. The van der Waals surface area contributed by atoms with Crippen LogP contribution in [0, 0.1) is 0 Å². The molecule has 6 rings (SSSR count). The first-order valence-corrected chi connectivity index (χ1v) is 16.4. The van der Waals surface area contributed by atoms with Gasteiger partial charge in [0.25, 0.3) is 5.56 Å². The number of nitrogens with zero attached hydrogens (tertiary/aromatic N) is 2. The standard InChI is InChI=1S/C34H29BrF3N5O4S/c1-43-31(45)27(30(44)29-32(43)48-17-40-29)26(18-7-5-8-20(35)15-18)28-22(21-9-3-4-11-23(21)41-28)10-6-14-39-33(46)42-24-16-19(34(36,37)38)12-13-25(24)47-2/h3-5,7-9,11-13,15-17,26,41,44H,6,10,14H2,1-2H3,(H2,39,42,46). The van der Waals surface area contributed by atoms with Gasteiger partial charge in [-0.3, -0.25) is 4.79 Å². The number of carbonyl (C=O) groups is 1. The molecule has 0 spiro atoms. The third kappa shape index (κ3) is 6.37. The van der Waals surface area contributed by atoms with E-state index in [-0.39, 0.29) is 34.9 Å². The minimum absolute atomic E-state index is 0.0883. The zero-order valence-corrected chi connectivity index (χ0v) is 28.0. The van der Waals surface area contributed by atoms with Crippen LogP contribution < -0.4 is 20.9 Å². The molecule has 0 radical (unpaired) electrons. The van der Waals surface area contributed by atoms with Crippen molar-refractivity contribution in [3.8, 4) is 11.5 Å². The summed E-state index contributed by atoms with van der Waals surface area (Å²) in [5, 5.41) is 17.6. The molecular formula is C34H29BrF3N5O4S. The highest BCUT2D eigenvalue weighted by Gasteiger charge is 2.32. The van der Waals surface area contributed by atoms with Crippen molar-refractivity contribution >= 4 is 60.2 Å². The molecule has 4 N–H and O–H groups in total. The zero-order chi connectivity index (χ0) is 34.2. The third-order valence-electron chi connectivity index (χ3n) is 8.14. The van der Waals surface area contributed by atoms with Crippen molar-refractivity contribution in [2.45, 2.75) is 24.9 Å². The average molecular weight is 741 g/mol. The van der Waals surface area contributed by atoms with Gasteiger partial charge in [-0.25, -0.2) is 9.78 Å². The number of thiazole rings is 1. The number of pyridine rings is 1. The summed E-state index contributed by atoms with van der Waals surface area (Å²) >= 11 is 4.81. The maximum atomic E-state index is 13.9. The van der Waals surface area contributed by atoms with Crippen LogP contribution in [0.25, 0.3) is 21.3 Å². The summed E-state index contributed by atoms with van der Waals surface area (Å²) in [6.45, 7) is 0.186. The number of aromatic amines is 1. The first-order chi connectivity index (χ1) is 23.0. The summed E-state index contributed by atoms with van der Waals surface area (Å²) in [5.74, 6) is -0.808. The highest BCUT2D eigenvalue weighted by molar-refractivity contribution is 9.10. The molecule has 0 bridgehead atoms. The Morgan fingerprint density at radius 1 is 1.15 bits per heavy atom. The largest absolute Gasteiger partial charge is 0.505 e. The molecule has 14 heteroatoms. The quantitative estimate of drug-likeness (QED) is 0.112. The molecule has 0 aliphatic carbocycles. The van der Waals surface area contributed by atoms with E-state index in [1.807, 2.05) is 48.5 Å². The normalized spacial score (nSPS) is 12.4. The summed E-state index contributed by atoms with van der Waals surface area (Å²) in [5.41, 5.74) is 3.88. The van der Waals surface area contributed by atoms with E-state index in [4.69, 9.17) is 4.74 Å². The van der Waals surface area contributed by atoms with Gasteiger partial charge in [0.1, 0.15) is 16.1 Å². The Kier molecular flexibility index (Phi) is 9.21. The van der Waals surface area contributed by atoms with Crippen LogP contribution in [0.2, 0.25) is 0 Å². The summed E-state index contributed by atoms with van der Waals surface area (Å²) in [4.78, 5) is 35.1. The van der Waals surface area contributed by atoms with Crippen molar-refractivity contribution in [1.82, 2.24) is 19.9 Å². The number of rotatable bonds is 9. The van der Waals surface area contributed by atoms with Crippen molar-refractivity contribution in [1.29, 1.82) is 0 Å². The van der Waals surface area contributed by atoms with E-state index >= 15 is 0 Å². The second kappa shape index (κ2) is 13.4. The van der Waals surface area contributed by atoms with E-state index < -0.39 is 23.7 Å². The first kappa shape index (κ1) is 33.1. The molecule has 0 saturated heterocycles. The van der Waals surface area contributed by atoms with Crippen LogP contribution in [0.3, 0.4) is 0 Å². The summed E-state index contributed by atoms with van der Waals surface area (Å²) < 4.78 is 47.2. The van der Waals surface area contributed by atoms with Gasteiger partial charge >= 0.3 is 12.2 Å². The number of H-pyrrole nitrogens is 1. The number of aromatic nitrogens is 3. The molecule has 248 valence electrons. The maximum absolute atomic E-state index is 13.9. The molecule has 3 aromatic carbocycles. The van der Waals surface area contributed by atoms with Gasteiger partial charge < -0.3 is 30.0 Å². The number of anilines is 1. The summed E-state index contributed by atoms with van der Waals surface area (Å²) in [6.07, 6.45) is -3.68. The molecule has 48 heavy (non-hydrogen) atoms. The number of fused-ring (bicyclic) bond motifs is 2. The number of ether oxygens (including phenoxy) is 1. The van der Waals surface area contributed by atoms with Crippen LogP contribution in [-0.2, 0) is 19.6 Å². The molecule has 6 aromatic rings. The number of alkyl halides is 3. The fourth-order valence-electron chi connectivity index (χ4n) is 5.92. The lowest BCUT2D eigenvalue weighted by Gasteiger charge is -2.21. The maximum Gasteiger partial charge on any atom is 0.416 e. The average Bonchev–Trinajstić information content (AvgIpc) is 3.69. The number of aromatic hydroxyl groups is 1. The lowest BCUT2D eigenvalue weighted by molar-refractivity contribution is -0.137. The Bertz CT molecular complexity index is 2210. The number of methoxy groups -OCH3 is 1. The Morgan fingerprint density at radius 3 is 2.69 bits per heavy atom. The molecule has 0 aliphatic rings. The molecule has 3 aromatic heterocycles. The SMILES string of the molecule is COc1ccc(C(F)(F)F)cc1NC(=O)NCCCc1c(C(c2cccc(Br)c2)c2c(O)c3ncsc3n(C)c2=O)[nH]c2ccccc12. The Labute approximate surface area is 284 Å². The summed E-state index contributed by atoms with van der Waals surface area (Å²) in [7, 11) is 2.96. The Morgan fingerprint density at radius 2 is 1.94 bits per heavy atom. The Hall–Kier alpha value is -4.82. The van der Waals surface area contributed by atoms with Crippen LogP contribution in [-0.4, -0.2) is 39.3 Å². The minimum Gasteiger partial charge on any atom is -0.505 e. The molecular weight excluding hydrogens is 711 g/mol. The van der Waals surface area contributed by atoms with Crippen molar-refractivity contribution in [3.05, 3.63) is 115 Å². The summed E-state index contributed by atoms with van der Waals surface area (Å²) in [6, 6.07) is 17.4. The van der Waals surface area contributed by atoms with Gasteiger partial charge in [0.2, 0.25) is 0 Å². The monoisotopic (exact) mass is 739 g/mol. The number of aryl methyl sites for hydroxylation is 2. The van der Waals surface area contributed by atoms with Gasteiger partial charge in [0.05, 0.1) is 35.4 Å². The molecule has 1 atom stereocenters. The molecule has 1 unspecified atom stereocenters. The van der Waals surface area contributed by atoms with Crippen LogP contribution in [0.1, 0.15) is 40.3 Å². The fourth-order valence-corrected chi connectivity index (χ4v) is 7.10. The highest BCUT2D eigenvalue weighted by atomic mass is 79.9. The highest BCUT2D eigenvalue weighted by Crippen LogP contribution is 2.42. The van der Waals surface area contributed by atoms with Crippen LogP contribution in [0.5, 0.6) is 11.5 Å². The van der Waals surface area contributed by atoms with E-state index in [0.717, 1.165) is 44.7 Å². The fraction of sp³-hybridized carbons (Fsp3) is 0.206. The number of urea groups is 1. The second-order valence-electron chi connectivity index (χ2n) is 11.1. The molecule has 0 saturated carbocycles. The van der Waals surface area contributed by atoms with Gasteiger partial charge in [-0.2, -0.15) is 13.2 Å². The molecule has 2 amide bonds. The lowest BCUT2D eigenvalue weighted by Crippen LogP contribution is -2.30. The van der Waals surface area contributed by atoms with Crippen LogP contribution in [0.4, 0.5) is 23.7 Å². The van der Waals surface area contributed by atoms with Gasteiger partial charge in [0, 0.05) is 34.7 Å². The predicted octanol–water partition coefficient (Wildman–Crippen LogP) is 7.91. The Balaban J connectivity index is 1.32. The minimum atomic E-state index is -4.59. The number of para-hydroxylation sites is 1. The van der Waals surface area contributed by atoms with Crippen molar-refractivity contribution in [3.63, 3.8) is 0 Å². The number of hydrogen-bond acceptors (Lipinski definition) is 6. The topological polar surface area (TPSA) is 121 Å². The number of hydrogen-bond donors (Lipinski definition) is 4. The van der Waals surface area contributed by atoms with E-state index in [2.05, 4.69) is 36.5 Å². The number of amides is 2. The molecule has 0 aliphatic heterocycles. The second-order valence-corrected chi connectivity index (χ2v) is 12.8. The van der Waals surface area contributed by atoms with Gasteiger partial charge in [0.15, 0.2) is 5.75 Å². The van der Waals surface area contributed by atoms with Crippen molar-refractivity contribution < 1.29 is 27.8 Å². The van der Waals surface area contributed by atoms with Crippen molar-refractivity contribution in [2.24, 2.45) is 7.05 Å². The molecule has 0 fully saturated rings. The molecule has 3 heterocycles. The van der Waals surface area contributed by atoms with Gasteiger partial charge in [-0.05, 0) is 60.4 Å². The lowest BCUT2D eigenvalue weighted by atomic mass is 9.85. The zero-order valence-electron chi connectivity index (χ0n) is 25.6. The van der Waals surface area contributed by atoms with E-state index in [1.54, 1.807) is 12.6 Å². The van der Waals surface area contributed by atoms with Gasteiger partial charge in [-0.15, -0.1) is 11.3 Å². The number of halogens is 4. The van der Waals surface area contributed by atoms with Gasteiger partial charge in [-0.1, -0.05) is 46.3 Å². The smallest absolute Gasteiger partial charge is 0.416 e. The van der Waals surface area contributed by atoms with Crippen LogP contribution in [0.15, 0.2) is 81.5 Å². The van der Waals surface area contributed by atoms with E-state index in [0.29, 0.717) is 28.9 Å². The van der Waals surface area contributed by atoms with E-state index in [9.17, 15) is 27.9 Å². The van der Waals surface area contributed by atoms with E-state index in [1.165, 1.54) is 23.0 Å². The predicted molar refractivity (Wildman–Crippen MR) is 183 cm³/mol. The number of nitrogens with one attached hydrogen (secondary N) is 3. The van der Waals surface area contributed by atoms with Crippen molar-refractivity contribution in [2.75, 3.05) is 19.0 Å². The number of benzene rings is 3. The number of carbonyl (C=O) groups excluding carboxylic acids is 1.